The van der Waals surface area contributed by atoms with E-state index in [1.165, 1.54) is 44.0 Å². The lowest BCUT2D eigenvalue weighted by molar-refractivity contribution is 0.411. The average Bonchev–Trinajstić information content (AvgIpc) is 2.63. The van der Waals surface area contributed by atoms with Gasteiger partial charge >= 0.3 is 0 Å². The van der Waals surface area contributed by atoms with Crippen LogP contribution in [0.3, 0.4) is 0 Å². The fraction of sp³-hybridized carbons (Fsp3) is 0.357. The lowest BCUT2D eigenvalue weighted by atomic mass is 9.71. The number of nitrogens with zero attached hydrogens (tertiary/aromatic N) is 2. The van der Waals surface area contributed by atoms with Crippen LogP contribution in [0.15, 0.2) is 42.6 Å². The minimum atomic E-state index is -0.178. The number of aryl methyl sites for hydroxylation is 2. The molecule has 0 saturated heterocycles. The molecular weight excluding hydrogens is 364 g/mol. The zero-order valence-electron chi connectivity index (χ0n) is 19.1. The first-order valence-corrected chi connectivity index (χ1v) is 10.9. The van der Waals surface area contributed by atoms with Crippen molar-refractivity contribution in [1.29, 1.82) is 0 Å². The lowest BCUT2D eigenvalue weighted by Crippen LogP contribution is -2.26. The highest BCUT2D eigenvalue weighted by Crippen LogP contribution is 2.48. The van der Waals surface area contributed by atoms with Crippen LogP contribution in [0.1, 0.15) is 62.6 Å². The predicted molar refractivity (Wildman–Crippen MR) is 127 cm³/mol. The third-order valence-electron chi connectivity index (χ3n) is 6.43. The average molecular weight is 395 g/mol. The molecule has 1 aliphatic carbocycles. The summed E-state index contributed by atoms with van der Waals surface area (Å²) in [5, 5.41) is 3.78. The van der Waals surface area contributed by atoms with Gasteiger partial charge in [-0.25, -0.2) is 0 Å². The molecule has 0 amide bonds. The first-order chi connectivity index (χ1) is 14.0. The first-order valence-electron chi connectivity index (χ1n) is 10.9. The molecule has 0 N–H and O–H groups in total. The van der Waals surface area contributed by atoms with E-state index in [1.807, 2.05) is 6.20 Å². The Kier molecular flexibility index (Phi) is 3.93. The van der Waals surface area contributed by atoms with Crippen LogP contribution < -0.4 is 0 Å². The van der Waals surface area contributed by atoms with E-state index in [2.05, 4.69) is 84.9 Å². The SMILES string of the molecule is Cc1cc(C)c2nc3c(cc2c1)-c1nccc2cc(CC(C)(C)C)cc(c12)C3(C)C. The third-order valence-corrected chi connectivity index (χ3v) is 6.43. The molecule has 0 saturated carbocycles. The van der Waals surface area contributed by atoms with Gasteiger partial charge in [0.1, 0.15) is 0 Å². The van der Waals surface area contributed by atoms with Crippen molar-refractivity contribution in [2.24, 2.45) is 5.41 Å². The van der Waals surface area contributed by atoms with Crippen LogP contribution in [0, 0.1) is 19.3 Å². The standard InChI is InChI=1S/C28H30N2/c1-16-10-17(2)24-20(11-16)14-21-25-23-19(8-9-29-25)12-18(15-27(3,4)5)13-22(23)28(6,7)26(21)30-24/h8-14H,15H2,1-7H3. The molecule has 0 fully saturated rings. The van der Waals surface area contributed by atoms with Gasteiger partial charge in [-0.3, -0.25) is 9.97 Å². The molecule has 2 heteroatoms. The van der Waals surface area contributed by atoms with E-state index in [1.54, 1.807) is 0 Å². The van der Waals surface area contributed by atoms with Crippen LogP contribution in [0.5, 0.6) is 0 Å². The first kappa shape index (κ1) is 19.2. The smallest absolute Gasteiger partial charge is 0.0802 e. The van der Waals surface area contributed by atoms with Gasteiger partial charge in [0.25, 0.3) is 0 Å². The lowest BCUT2D eigenvalue weighted by Gasteiger charge is -2.34. The predicted octanol–water partition coefficient (Wildman–Crippen LogP) is 7.29. The Balaban J connectivity index is 1.88. The molecule has 2 aromatic heterocycles. The second-order valence-electron chi connectivity index (χ2n) is 10.8. The minimum absolute atomic E-state index is 0.178. The highest BCUT2D eigenvalue weighted by molar-refractivity contribution is 6.03. The highest BCUT2D eigenvalue weighted by Gasteiger charge is 2.36. The van der Waals surface area contributed by atoms with Gasteiger partial charge in [0, 0.05) is 27.9 Å². The number of fused-ring (bicyclic) bond motifs is 3. The van der Waals surface area contributed by atoms with E-state index >= 15 is 0 Å². The van der Waals surface area contributed by atoms with Gasteiger partial charge in [-0.05, 0) is 66.0 Å². The summed E-state index contributed by atoms with van der Waals surface area (Å²) >= 11 is 0. The largest absolute Gasteiger partial charge is 0.256 e. The second-order valence-corrected chi connectivity index (χ2v) is 10.8. The molecule has 0 atom stereocenters. The van der Waals surface area contributed by atoms with E-state index in [0.29, 0.717) is 0 Å². The van der Waals surface area contributed by atoms with Gasteiger partial charge in [-0.15, -0.1) is 0 Å². The summed E-state index contributed by atoms with van der Waals surface area (Å²) < 4.78 is 0. The van der Waals surface area contributed by atoms with Gasteiger partial charge in [0.2, 0.25) is 0 Å². The molecule has 0 unspecified atom stereocenters. The van der Waals surface area contributed by atoms with E-state index in [-0.39, 0.29) is 10.8 Å². The summed E-state index contributed by atoms with van der Waals surface area (Å²) in [6, 6.07) is 13.7. The van der Waals surface area contributed by atoms with E-state index in [9.17, 15) is 0 Å². The Morgan fingerprint density at radius 3 is 2.43 bits per heavy atom. The molecule has 2 nitrogen and oxygen atoms in total. The zero-order valence-corrected chi connectivity index (χ0v) is 19.1. The fourth-order valence-electron chi connectivity index (χ4n) is 5.23. The van der Waals surface area contributed by atoms with Gasteiger partial charge in [-0.1, -0.05) is 58.4 Å². The van der Waals surface area contributed by atoms with Crippen molar-refractivity contribution >= 4 is 21.7 Å². The maximum atomic E-state index is 5.26. The van der Waals surface area contributed by atoms with Gasteiger partial charge < -0.3 is 0 Å². The van der Waals surface area contributed by atoms with Crippen LogP contribution >= 0.6 is 0 Å². The van der Waals surface area contributed by atoms with Crippen molar-refractivity contribution in [2.75, 3.05) is 0 Å². The maximum Gasteiger partial charge on any atom is 0.0802 e. The minimum Gasteiger partial charge on any atom is -0.256 e. The Bertz CT molecular complexity index is 1340. The summed E-state index contributed by atoms with van der Waals surface area (Å²) in [6.45, 7) is 15.9. The molecule has 0 bridgehead atoms. The number of hydrogen-bond donors (Lipinski definition) is 0. The van der Waals surface area contributed by atoms with Crippen LogP contribution in [0.25, 0.3) is 32.9 Å². The van der Waals surface area contributed by atoms with Gasteiger partial charge in [0.15, 0.2) is 0 Å². The molecule has 2 heterocycles. The van der Waals surface area contributed by atoms with Gasteiger partial charge in [0.05, 0.1) is 16.9 Å². The van der Waals surface area contributed by atoms with Gasteiger partial charge in [-0.2, -0.15) is 0 Å². The molecule has 0 aliphatic heterocycles. The van der Waals surface area contributed by atoms with Crippen LogP contribution in [-0.2, 0) is 11.8 Å². The maximum absolute atomic E-state index is 5.26. The molecule has 0 spiro atoms. The molecule has 30 heavy (non-hydrogen) atoms. The van der Waals surface area contributed by atoms with Crippen LogP contribution in [0.4, 0.5) is 0 Å². The highest BCUT2D eigenvalue weighted by atomic mass is 14.8. The Morgan fingerprint density at radius 2 is 1.70 bits per heavy atom. The number of rotatable bonds is 1. The molecule has 4 aromatic rings. The summed E-state index contributed by atoms with van der Waals surface area (Å²) in [4.78, 5) is 10.1. The molecular formula is C28H30N2. The quantitative estimate of drug-likeness (QED) is 0.338. The zero-order chi connectivity index (χ0) is 21.4. The van der Waals surface area contributed by atoms with Crippen molar-refractivity contribution in [2.45, 2.75) is 60.3 Å². The topological polar surface area (TPSA) is 25.8 Å². The van der Waals surface area contributed by atoms with E-state index in [4.69, 9.17) is 9.97 Å². The monoisotopic (exact) mass is 394 g/mol. The Labute approximate surface area is 179 Å². The van der Waals surface area contributed by atoms with Crippen molar-refractivity contribution in [1.82, 2.24) is 9.97 Å². The summed E-state index contributed by atoms with van der Waals surface area (Å²) in [5.41, 5.74) is 9.83. The van der Waals surface area contributed by atoms with E-state index < -0.39 is 0 Å². The molecule has 1 aliphatic rings. The number of aromatic nitrogens is 2. The molecule has 152 valence electrons. The van der Waals surface area contributed by atoms with Crippen molar-refractivity contribution < 1.29 is 0 Å². The summed E-state index contributed by atoms with van der Waals surface area (Å²) in [5.74, 6) is 0. The number of pyridine rings is 2. The fourth-order valence-corrected chi connectivity index (χ4v) is 5.23. The van der Waals surface area contributed by atoms with Crippen molar-refractivity contribution in [3.63, 3.8) is 0 Å². The Hall–Kier alpha value is -2.74. The third kappa shape index (κ3) is 2.85. The number of benzene rings is 2. The normalized spacial score (nSPS) is 14.9. The molecule has 0 radical (unpaired) electrons. The summed E-state index contributed by atoms with van der Waals surface area (Å²) in [7, 11) is 0. The van der Waals surface area contributed by atoms with Crippen molar-refractivity contribution in [3.8, 4) is 11.3 Å². The summed E-state index contributed by atoms with van der Waals surface area (Å²) in [6.07, 6.45) is 3.01. The molecule has 2 aromatic carbocycles. The van der Waals surface area contributed by atoms with E-state index in [0.717, 1.165) is 23.3 Å². The number of hydrogen-bond acceptors (Lipinski definition) is 2. The van der Waals surface area contributed by atoms with Crippen LogP contribution in [-0.4, -0.2) is 9.97 Å². The van der Waals surface area contributed by atoms with Crippen LogP contribution in [0.2, 0.25) is 0 Å². The Morgan fingerprint density at radius 1 is 0.933 bits per heavy atom. The second kappa shape index (κ2) is 6.14. The van der Waals surface area contributed by atoms with Crippen molar-refractivity contribution in [3.05, 3.63) is 70.5 Å². The molecule has 5 rings (SSSR count).